The Kier molecular flexibility index (Phi) is 4.31. The maximum absolute atomic E-state index is 13.3. The Bertz CT molecular complexity index is 349. The molecule has 0 fully saturated rings. The second-order valence-corrected chi connectivity index (χ2v) is 3.53. The summed E-state index contributed by atoms with van der Waals surface area (Å²) in [6.45, 7) is 7.10. The van der Waals surface area contributed by atoms with Crippen LogP contribution in [0, 0.1) is 5.82 Å². The van der Waals surface area contributed by atoms with Gasteiger partial charge < -0.3 is 10.1 Å². The lowest BCUT2D eigenvalue weighted by Gasteiger charge is -2.06. The molecule has 1 aromatic rings. The second kappa shape index (κ2) is 5.51. The van der Waals surface area contributed by atoms with Gasteiger partial charge in [0, 0.05) is 13.1 Å². The molecular formula is C12H16FNO. The molecule has 0 radical (unpaired) electrons. The largest absolute Gasteiger partial charge is 0.494 e. The van der Waals surface area contributed by atoms with Gasteiger partial charge in [0.15, 0.2) is 11.6 Å². The van der Waals surface area contributed by atoms with Crippen LogP contribution < -0.4 is 10.1 Å². The Balaban J connectivity index is 2.55. The van der Waals surface area contributed by atoms with Crippen LogP contribution in [0.4, 0.5) is 4.39 Å². The molecule has 0 unspecified atom stereocenters. The van der Waals surface area contributed by atoms with Crippen LogP contribution in [0.3, 0.4) is 0 Å². The number of nitrogens with one attached hydrogen (secondary N) is 1. The van der Waals surface area contributed by atoms with Gasteiger partial charge in [0.25, 0.3) is 0 Å². The van der Waals surface area contributed by atoms with Gasteiger partial charge >= 0.3 is 0 Å². The van der Waals surface area contributed by atoms with Crippen molar-refractivity contribution in [3.05, 3.63) is 41.7 Å². The van der Waals surface area contributed by atoms with Crippen molar-refractivity contribution in [3.8, 4) is 5.75 Å². The van der Waals surface area contributed by atoms with E-state index < -0.39 is 0 Å². The van der Waals surface area contributed by atoms with E-state index in [1.54, 1.807) is 6.07 Å². The van der Waals surface area contributed by atoms with Gasteiger partial charge in [0.05, 0.1) is 7.11 Å². The molecule has 0 atom stereocenters. The van der Waals surface area contributed by atoms with Gasteiger partial charge in [-0.25, -0.2) is 4.39 Å². The van der Waals surface area contributed by atoms with Crippen molar-refractivity contribution in [1.29, 1.82) is 0 Å². The van der Waals surface area contributed by atoms with E-state index in [9.17, 15) is 4.39 Å². The number of benzene rings is 1. The van der Waals surface area contributed by atoms with Crippen LogP contribution in [0.1, 0.15) is 12.5 Å². The molecule has 1 rings (SSSR count). The second-order valence-electron chi connectivity index (χ2n) is 3.53. The van der Waals surface area contributed by atoms with Gasteiger partial charge in [-0.3, -0.25) is 0 Å². The van der Waals surface area contributed by atoms with Crippen molar-refractivity contribution >= 4 is 0 Å². The van der Waals surface area contributed by atoms with E-state index in [1.165, 1.54) is 13.2 Å². The van der Waals surface area contributed by atoms with E-state index in [1.807, 2.05) is 13.0 Å². The zero-order chi connectivity index (χ0) is 11.3. The summed E-state index contributed by atoms with van der Waals surface area (Å²) < 4.78 is 18.1. The third-order valence-electron chi connectivity index (χ3n) is 1.97. The zero-order valence-electron chi connectivity index (χ0n) is 9.14. The highest BCUT2D eigenvalue weighted by molar-refractivity contribution is 5.29. The molecule has 0 saturated carbocycles. The van der Waals surface area contributed by atoms with Crippen LogP contribution in [0.2, 0.25) is 0 Å². The minimum absolute atomic E-state index is 0.277. The van der Waals surface area contributed by atoms with Crippen molar-refractivity contribution in [2.24, 2.45) is 0 Å². The van der Waals surface area contributed by atoms with Crippen molar-refractivity contribution in [3.63, 3.8) is 0 Å². The van der Waals surface area contributed by atoms with Crippen molar-refractivity contribution in [2.45, 2.75) is 13.5 Å². The first kappa shape index (κ1) is 11.7. The first-order chi connectivity index (χ1) is 7.13. The summed E-state index contributed by atoms with van der Waals surface area (Å²) in [5, 5.41) is 3.16. The number of methoxy groups -OCH3 is 1. The lowest BCUT2D eigenvalue weighted by molar-refractivity contribution is 0.386. The van der Waals surface area contributed by atoms with E-state index >= 15 is 0 Å². The Labute approximate surface area is 89.8 Å². The van der Waals surface area contributed by atoms with Crippen LogP contribution in [-0.4, -0.2) is 13.7 Å². The molecule has 0 amide bonds. The molecule has 0 bridgehead atoms. The average Bonchev–Trinajstić information content (AvgIpc) is 2.17. The third kappa shape index (κ3) is 3.72. The van der Waals surface area contributed by atoms with Gasteiger partial charge in [-0.15, -0.1) is 0 Å². The number of hydrogen-bond acceptors (Lipinski definition) is 2. The topological polar surface area (TPSA) is 21.3 Å². The summed E-state index contributed by atoms with van der Waals surface area (Å²) in [4.78, 5) is 0. The number of halogens is 1. The number of rotatable bonds is 5. The average molecular weight is 209 g/mol. The summed E-state index contributed by atoms with van der Waals surface area (Å²) in [6.07, 6.45) is 0. The molecule has 0 aliphatic carbocycles. The highest BCUT2D eigenvalue weighted by Crippen LogP contribution is 2.17. The summed E-state index contributed by atoms with van der Waals surface area (Å²) in [6, 6.07) is 4.95. The Hall–Kier alpha value is -1.35. The van der Waals surface area contributed by atoms with Crippen molar-refractivity contribution in [2.75, 3.05) is 13.7 Å². The molecule has 0 aliphatic rings. The monoisotopic (exact) mass is 209 g/mol. The molecule has 0 aliphatic heterocycles. The first-order valence-electron chi connectivity index (χ1n) is 4.81. The Morgan fingerprint density at radius 1 is 1.53 bits per heavy atom. The predicted octanol–water partition coefficient (Wildman–Crippen LogP) is 2.50. The summed E-state index contributed by atoms with van der Waals surface area (Å²) in [7, 11) is 1.46. The number of ether oxygens (including phenoxy) is 1. The van der Waals surface area contributed by atoms with Crippen LogP contribution in [0.15, 0.2) is 30.4 Å². The zero-order valence-corrected chi connectivity index (χ0v) is 9.14. The molecule has 0 spiro atoms. The minimum Gasteiger partial charge on any atom is -0.494 e. The van der Waals surface area contributed by atoms with Crippen LogP contribution in [-0.2, 0) is 6.54 Å². The Morgan fingerprint density at radius 3 is 2.80 bits per heavy atom. The SMILES string of the molecule is C=C(C)CNCc1ccc(OC)c(F)c1. The fraction of sp³-hybridized carbons (Fsp3) is 0.333. The van der Waals surface area contributed by atoms with E-state index in [-0.39, 0.29) is 11.6 Å². The van der Waals surface area contributed by atoms with Gasteiger partial charge in [-0.1, -0.05) is 18.2 Å². The lowest BCUT2D eigenvalue weighted by Crippen LogP contribution is -2.15. The third-order valence-corrected chi connectivity index (χ3v) is 1.97. The van der Waals surface area contributed by atoms with Gasteiger partial charge in [0.1, 0.15) is 0 Å². The molecule has 2 nitrogen and oxygen atoms in total. The molecule has 82 valence electrons. The maximum atomic E-state index is 13.3. The lowest BCUT2D eigenvalue weighted by atomic mass is 10.2. The van der Waals surface area contributed by atoms with Gasteiger partial charge in [0.2, 0.25) is 0 Å². The highest BCUT2D eigenvalue weighted by atomic mass is 19.1. The fourth-order valence-corrected chi connectivity index (χ4v) is 1.24. The quantitative estimate of drug-likeness (QED) is 0.752. The molecule has 1 N–H and O–H groups in total. The summed E-state index contributed by atoms with van der Waals surface area (Å²) in [5.74, 6) is -0.0502. The number of hydrogen-bond donors (Lipinski definition) is 1. The minimum atomic E-state index is -0.327. The van der Waals surface area contributed by atoms with E-state index in [4.69, 9.17) is 4.74 Å². The summed E-state index contributed by atoms with van der Waals surface area (Å²) in [5.41, 5.74) is 1.96. The fourth-order valence-electron chi connectivity index (χ4n) is 1.24. The maximum Gasteiger partial charge on any atom is 0.165 e. The van der Waals surface area contributed by atoms with Gasteiger partial charge in [-0.2, -0.15) is 0 Å². The predicted molar refractivity (Wildman–Crippen MR) is 59.5 cm³/mol. The van der Waals surface area contributed by atoms with Gasteiger partial charge in [-0.05, 0) is 24.6 Å². The van der Waals surface area contributed by atoms with Crippen LogP contribution in [0.5, 0.6) is 5.75 Å². The first-order valence-corrected chi connectivity index (χ1v) is 4.81. The molecule has 0 aromatic heterocycles. The van der Waals surface area contributed by atoms with Crippen molar-refractivity contribution in [1.82, 2.24) is 5.32 Å². The normalized spacial score (nSPS) is 10.1. The molecular weight excluding hydrogens is 193 g/mol. The molecule has 15 heavy (non-hydrogen) atoms. The molecule has 3 heteroatoms. The molecule has 0 saturated heterocycles. The van der Waals surface area contributed by atoms with E-state index in [2.05, 4.69) is 11.9 Å². The highest BCUT2D eigenvalue weighted by Gasteiger charge is 2.02. The standard InChI is InChI=1S/C12H16FNO/c1-9(2)7-14-8-10-4-5-12(15-3)11(13)6-10/h4-6,14H,1,7-8H2,2-3H3. The van der Waals surface area contributed by atoms with Crippen LogP contribution in [0.25, 0.3) is 0 Å². The molecule has 1 aromatic carbocycles. The van der Waals surface area contributed by atoms with E-state index in [0.29, 0.717) is 6.54 Å². The van der Waals surface area contributed by atoms with Crippen molar-refractivity contribution < 1.29 is 9.13 Å². The smallest absolute Gasteiger partial charge is 0.165 e. The Morgan fingerprint density at radius 2 is 2.27 bits per heavy atom. The molecule has 0 heterocycles. The summed E-state index contributed by atoms with van der Waals surface area (Å²) >= 11 is 0. The van der Waals surface area contributed by atoms with Crippen LogP contribution >= 0.6 is 0 Å². The van der Waals surface area contributed by atoms with E-state index in [0.717, 1.165) is 17.7 Å².